The molecule has 2 saturated heterocycles. The molecule has 2 aromatic rings. The molecule has 2 aliphatic heterocycles. The Labute approximate surface area is 270 Å². The highest BCUT2D eigenvalue weighted by Crippen LogP contribution is 2.34. The number of hydrogen-bond acceptors (Lipinski definition) is 16. The standard InChI is InChI=1S/C31H42O16/c1-41-20-11-17(6-7-18(20)34)24(35)22(12-32)46-19-8-5-16(10-21(19)42-2)4-3-9-43-29-27(38)26(37)25(36)23(47-29)13-44-30-28(39)31(40,14-33)15-45-30/h3-8,10-11,22-30,32-40H,9,12-15H2,1-2H3/t22-,23-,24+,25-,26+,27-,28+,29-,30-,31-/m1/s1. The molecule has 0 saturated carbocycles. The van der Waals surface area contributed by atoms with Gasteiger partial charge in [-0.2, -0.15) is 0 Å². The van der Waals surface area contributed by atoms with Gasteiger partial charge in [0.25, 0.3) is 0 Å². The summed E-state index contributed by atoms with van der Waals surface area (Å²) in [5.74, 6) is 0.574. The van der Waals surface area contributed by atoms with Crippen LogP contribution in [0.2, 0.25) is 0 Å². The summed E-state index contributed by atoms with van der Waals surface area (Å²) in [6.45, 7) is -2.18. The number of phenolic OH excluding ortho intramolecular Hbond substituents is 1. The smallest absolute Gasteiger partial charge is 0.187 e. The first-order valence-electron chi connectivity index (χ1n) is 14.7. The van der Waals surface area contributed by atoms with Crippen LogP contribution in [0.15, 0.2) is 42.5 Å². The van der Waals surface area contributed by atoms with E-state index < -0.39 is 80.7 Å². The van der Waals surface area contributed by atoms with Crippen LogP contribution in [0.1, 0.15) is 17.2 Å². The highest BCUT2D eigenvalue weighted by molar-refractivity contribution is 5.56. The Hall–Kier alpha value is -3.10. The van der Waals surface area contributed by atoms with Crippen LogP contribution in [-0.4, -0.2) is 148 Å². The summed E-state index contributed by atoms with van der Waals surface area (Å²) in [5, 5.41) is 91.1. The van der Waals surface area contributed by atoms with Crippen molar-refractivity contribution in [2.24, 2.45) is 0 Å². The molecule has 0 spiro atoms. The summed E-state index contributed by atoms with van der Waals surface area (Å²) in [7, 11) is 2.79. The molecular formula is C31H42O16. The maximum atomic E-state index is 10.8. The van der Waals surface area contributed by atoms with Crippen LogP contribution in [-0.2, 0) is 18.9 Å². The number of aliphatic hydroxyl groups is 8. The van der Waals surface area contributed by atoms with E-state index in [9.17, 15) is 46.0 Å². The van der Waals surface area contributed by atoms with E-state index in [2.05, 4.69) is 0 Å². The number of hydrogen-bond donors (Lipinski definition) is 9. The van der Waals surface area contributed by atoms with Gasteiger partial charge in [0.2, 0.25) is 0 Å². The van der Waals surface area contributed by atoms with E-state index in [1.54, 1.807) is 30.4 Å². The van der Waals surface area contributed by atoms with Gasteiger partial charge in [-0.05, 0) is 35.4 Å². The van der Waals surface area contributed by atoms with Gasteiger partial charge in [-0.1, -0.05) is 24.3 Å². The fourth-order valence-electron chi connectivity index (χ4n) is 4.99. The lowest BCUT2D eigenvalue weighted by Gasteiger charge is -2.40. The number of ether oxygens (including phenoxy) is 7. The fourth-order valence-corrected chi connectivity index (χ4v) is 4.99. The first kappa shape index (κ1) is 36.7. The maximum Gasteiger partial charge on any atom is 0.187 e. The van der Waals surface area contributed by atoms with Crippen LogP contribution < -0.4 is 14.2 Å². The third kappa shape index (κ3) is 8.50. The third-order valence-electron chi connectivity index (χ3n) is 7.88. The molecule has 0 aliphatic carbocycles. The predicted molar refractivity (Wildman–Crippen MR) is 160 cm³/mol. The zero-order valence-electron chi connectivity index (χ0n) is 25.7. The van der Waals surface area contributed by atoms with Gasteiger partial charge in [0.05, 0.1) is 47.3 Å². The highest BCUT2D eigenvalue weighted by Gasteiger charge is 2.50. The van der Waals surface area contributed by atoms with E-state index in [1.807, 2.05) is 0 Å². The van der Waals surface area contributed by atoms with Gasteiger partial charge in [0.1, 0.15) is 42.2 Å². The summed E-state index contributed by atoms with van der Waals surface area (Å²) < 4.78 is 38.1. The van der Waals surface area contributed by atoms with E-state index >= 15 is 0 Å². The average Bonchev–Trinajstić information content (AvgIpc) is 3.37. The molecule has 0 bridgehead atoms. The van der Waals surface area contributed by atoms with Crippen molar-refractivity contribution in [2.45, 2.75) is 60.9 Å². The predicted octanol–water partition coefficient (Wildman–Crippen LogP) is -1.82. The van der Waals surface area contributed by atoms with Crippen LogP contribution in [0.4, 0.5) is 0 Å². The lowest BCUT2D eigenvalue weighted by atomic mass is 9.99. The molecule has 2 aliphatic rings. The average molecular weight is 671 g/mol. The third-order valence-corrected chi connectivity index (χ3v) is 7.88. The molecule has 10 atom stereocenters. The van der Waals surface area contributed by atoms with Crippen molar-refractivity contribution >= 4 is 6.08 Å². The Morgan fingerprint density at radius 1 is 0.915 bits per heavy atom. The molecule has 4 rings (SSSR count). The summed E-state index contributed by atoms with van der Waals surface area (Å²) in [5.41, 5.74) is -0.912. The minimum absolute atomic E-state index is 0.0957. The molecular weight excluding hydrogens is 628 g/mol. The van der Waals surface area contributed by atoms with E-state index in [0.717, 1.165) is 0 Å². The summed E-state index contributed by atoms with van der Waals surface area (Å²) in [6, 6.07) is 9.16. The monoisotopic (exact) mass is 670 g/mol. The van der Waals surface area contributed by atoms with E-state index in [0.29, 0.717) is 16.9 Å². The second-order valence-electron chi connectivity index (χ2n) is 11.1. The van der Waals surface area contributed by atoms with E-state index in [-0.39, 0.29) is 30.5 Å². The molecule has 16 nitrogen and oxygen atoms in total. The maximum absolute atomic E-state index is 10.8. The van der Waals surface area contributed by atoms with Gasteiger partial charge >= 0.3 is 0 Å². The second kappa shape index (κ2) is 16.3. The van der Waals surface area contributed by atoms with Crippen molar-refractivity contribution < 1.29 is 79.1 Å². The van der Waals surface area contributed by atoms with Crippen molar-refractivity contribution in [1.82, 2.24) is 0 Å². The molecule has 0 radical (unpaired) electrons. The van der Waals surface area contributed by atoms with Gasteiger partial charge < -0.3 is 79.1 Å². The van der Waals surface area contributed by atoms with Gasteiger partial charge in [-0.3, -0.25) is 0 Å². The Balaban J connectivity index is 1.33. The molecule has 2 fully saturated rings. The van der Waals surface area contributed by atoms with Crippen LogP contribution in [0, 0.1) is 0 Å². The fraction of sp³-hybridized carbons (Fsp3) is 0.548. The van der Waals surface area contributed by atoms with E-state index in [1.165, 1.54) is 32.4 Å². The van der Waals surface area contributed by atoms with Crippen molar-refractivity contribution in [3.63, 3.8) is 0 Å². The second-order valence-corrected chi connectivity index (χ2v) is 11.1. The summed E-state index contributed by atoms with van der Waals surface area (Å²) >= 11 is 0. The number of methoxy groups -OCH3 is 2. The van der Waals surface area contributed by atoms with Gasteiger partial charge in [0.15, 0.2) is 41.7 Å². The lowest BCUT2D eigenvalue weighted by Crippen LogP contribution is -2.59. The van der Waals surface area contributed by atoms with Crippen molar-refractivity contribution in [3.8, 4) is 23.0 Å². The lowest BCUT2D eigenvalue weighted by molar-refractivity contribution is -0.307. The summed E-state index contributed by atoms with van der Waals surface area (Å²) in [6.07, 6.45) is -9.39. The van der Waals surface area contributed by atoms with Crippen LogP contribution in [0.5, 0.6) is 23.0 Å². The molecule has 47 heavy (non-hydrogen) atoms. The molecule has 9 N–H and O–H groups in total. The highest BCUT2D eigenvalue weighted by atomic mass is 16.7. The van der Waals surface area contributed by atoms with Crippen molar-refractivity contribution in [1.29, 1.82) is 0 Å². The minimum atomic E-state index is -1.91. The molecule has 0 aromatic heterocycles. The Kier molecular flexibility index (Phi) is 12.8. The normalized spacial score (nSPS) is 30.7. The quantitative estimate of drug-likeness (QED) is 0.101. The Morgan fingerprint density at radius 2 is 1.66 bits per heavy atom. The Bertz CT molecular complexity index is 1320. The Morgan fingerprint density at radius 3 is 2.32 bits per heavy atom. The minimum Gasteiger partial charge on any atom is -0.504 e. The van der Waals surface area contributed by atoms with Crippen LogP contribution in [0.25, 0.3) is 6.08 Å². The first-order chi connectivity index (χ1) is 22.5. The van der Waals surface area contributed by atoms with Crippen molar-refractivity contribution in [2.75, 3.05) is 47.3 Å². The van der Waals surface area contributed by atoms with Gasteiger partial charge in [-0.25, -0.2) is 0 Å². The van der Waals surface area contributed by atoms with E-state index in [4.69, 9.17) is 33.2 Å². The molecule has 2 heterocycles. The van der Waals surface area contributed by atoms with Crippen molar-refractivity contribution in [3.05, 3.63) is 53.6 Å². The zero-order chi connectivity index (χ0) is 34.3. The summed E-state index contributed by atoms with van der Waals surface area (Å²) in [4.78, 5) is 0. The number of benzene rings is 2. The number of phenols is 1. The first-order valence-corrected chi connectivity index (χ1v) is 14.7. The largest absolute Gasteiger partial charge is 0.504 e. The number of rotatable bonds is 15. The molecule has 16 heteroatoms. The molecule has 0 unspecified atom stereocenters. The molecule has 262 valence electrons. The molecule has 2 aromatic carbocycles. The van der Waals surface area contributed by atoms with Crippen LogP contribution in [0.3, 0.4) is 0 Å². The van der Waals surface area contributed by atoms with Crippen LogP contribution >= 0.6 is 0 Å². The topological polar surface area (TPSA) is 247 Å². The number of aliphatic hydroxyl groups excluding tert-OH is 7. The van der Waals surface area contributed by atoms with Gasteiger partial charge in [-0.15, -0.1) is 0 Å². The zero-order valence-corrected chi connectivity index (χ0v) is 25.7. The molecule has 0 amide bonds. The SMILES string of the molecule is COc1cc([C@H](O)[C@@H](CO)Oc2ccc(C=CCO[C@@H]3O[C@H](CO[C@@H]4OC[C@](O)(CO)[C@H]4O)[C@@H](O)[C@H](O)[C@H]3O)cc2OC)ccc1O. The van der Waals surface area contributed by atoms with Gasteiger partial charge in [0, 0.05) is 0 Å². The number of aromatic hydroxyl groups is 1.